The Morgan fingerprint density at radius 3 is 2.23 bits per heavy atom. The third-order valence-corrected chi connectivity index (χ3v) is 9.76. The normalized spacial score (nSPS) is 44.9. The zero-order valence-electron chi connectivity index (χ0n) is 19.1. The topological polar surface area (TPSA) is 69.7 Å². The summed E-state index contributed by atoms with van der Waals surface area (Å²) in [7, 11) is 0. The molecule has 0 N–H and O–H groups in total. The van der Waals surface area contributed by atoms with Gasteiger partial charge in [0, 0.05) is 19.8 Å². The molecule has 4 saturated carbocycles. The third kappa shape index (κ3) is 3.60. The number of ether oxygens (including phenoxy) is 2. The molecule has 0 amide bonds. The highest BCUT2D eigenvalue weighted by atomic mass is 16.5. The van der Waals surface area contributed by atoms with E-state index in [0.717, 1.165) is 44.4 Å². The average Bonchev–Trinajstić information content (AvgIpc) is 3.03. The van der Waals surface area contributed by atoms with Crippen molar-refractivity contribution in [3.63, 3.8) is 0 Å². The molecule has 30 heavy (non-hydrogen) atoms. The predicted octanol–water partition coefficient (Wildman–Crippen LogP) is 4.71. The Bertz CT molecular complexity index is 716. The fourth-order valence-electron chi connectivity index (χ4n) is 8.36. The van der Waals surface area contributed by atoms with Gasteiger partial charge in [0.05, 0.1) is 0 Å². The van der Waals surface area contributed by atoms with Crippen LogP contribution in [-0.4, -0.2) is 30.4 Å². The molecule has 0 radical (unpaired) electrons. The van der Waals surface area contributed by atoms with Gasteiger partial charge < -0.3 is 9.47 Å². The molecule has 0 spiro atoms. The Kier molecular flexibility index (Phi) is 5.78. The Hall–Kier alpha value is -1.39. The Morgan fingerprint density at radius 2 is 1.53 bits per heavy atom. The molecular weight excluding hydrogens is 380 g/mol. The van der Waals surface area contributed by atoms with E-state index >= 15 is 0 Å². The maximum Gasteiger partial charge on any atom is 0.303 e. The molecule has 8 atom stereocenters. The van der Waals surface area contributed by atoms with Crippen molar-refractivity contribution < 1.29 is 23.9 Å². The maximum atomic E-state index is 12.9. The molecule has 0 aliphatic heterocycles. The first-order valence-electron chi connectivity index (χ1n) is 12.0. The lowest BCUT2D eigenvalue weighted by Crippen LogP contribution is -2.54. The van der Waals surface area contributed by atoms with Crippen LogP contribution in [0.3, 0.4) is 0 Å². The van der Waals surface area contributed by atoms with Crippen LogP contribution in [0, 0.1) is 40.4 Å². The van der Waals surface area contributed by atoms with Crippen LogP contribution in [0.5, 0.6) is 0 Å². The molecular formula is C25H38O5. The van der Waals surface area contributed by atoms with Crippen molar-refractivity contribution in [1.29, 1.82) is 0 Å². The average molecular weight is 419 g/mol. The van der Waals surface area contributed by atoms with E-state index in [0.29, 0.717) is 23.2 Å². The van der Waals surface area contributed by atoms with Crippen LogP contribution >= 0.6 is 0 Å². The highest BCUT2D eigenvalue weighted by Gasteiger charge is 2.61. The van der Waals surface area contributed by atoms with Crippen LogP contribution in [0.2, 0.25) is 0 Å². The fourth-order valence-corrected chi connectivity index (χ4v) is 8.36. The van der Waals surface area contributed by atoms with E-state index < -0.39 is 0 Å². The van der Waals surface area contributed by atoms with Crippen LogP contribution in [0.15, 0.2) is 0 Å². The number of ketones is 1. The van der Waals surface area contributed by atoms with Crippen molar-refractivity contribution in [2.45, 2.75) is 91.6 Å². The summed E-state index contributed by atoms with van der Waals surface area (Å²) in [5.41, 5.74) is 0.386. The van der Waals surface area contributed by atoms with E-state index in [-0.39, 0.29) is 41.8 Å². The molecule has 4 aliphatic carbocycles. The number of Topliss-reactive ketones (excluding diaryl/α,β-unsaturated/α-hetero) is 1. The smallest absolute Gasteiger partial charge is 0.303 e. The monoisotopic (exact) mass is 418 g/mol. The van der Waals surface area contributed by atoms with Crippen molar-refractivity contribution in [2.75, 3.05) is 6.61 Å². The molecule has 5 nitrogen and oxygen atoms in total. The lowest BCUT2D eigenvalue weighted by atomic mass is 9.44. The van der Waals surface area contributed by atoms with Crippen molar-refractivity contribution in [1.82, 2.24) is 0 Å². The van der Waals surface area contributed by atoms with Crippen LogP contribution in [0.1, 0.15) is 85.5 Å². The summed E-state index contributed by atoms with van der Waals surface area (Å²) in [6, 6.07) is 0. The Balaban J connectivity index is 1.48. The number of hydrogen-bond acceptors (Lipinski definition) is 5. The zero-order valence-corrected chi connectivity index (χ0v) is 19.1. The van der Waals surface area contributed by atoms with Gasteiger partial charge in [0.2, 0.25) is 0 Å². The quantitative estimate of drug-likeness (QED) is 0.619. The van der Waals surface area contributed by atoms with E-state index in [2.05, 4.69) is 13.8 Å². The highest BCUT2D eigenvalue weighted by Crippen LogP contribution is 2.67. The predicted molar refractivity (Wildman–Crippen MR) is 112 cm³/mol. The van der Waals surface area contributed by atoms with Crippen molar-refractivity contribution in [3.05, 3.63) is 0 Å². The van der Waals surface area contributed by atoms with Crippen LogP contribution in [0.25, 0.3) is 0 Å². The first kappa shape index (κ1) is 21.8. The van der Waals surface area contributed by atoms with Crippen molar-refractivity contribution in [2.24, 2.45) is 40.4 Å². The second-order valence-electron chi connectivity index (χ2n) is 11.1. The van der Waals surface area contributed by atoms with Gasteiger partial charge in [0.25, 0.3) is 0 Å². The molecule has 5 heteroatoms. The molecule has 0 saturated heterocycles. The lowest BCUT2D eigenvalue weighted by molar-refractivity contribution is -0.161. The first-order valence-corrected chi connectivity index (χ1v) is 12.0. The minimum Gasteiger partial charge on any atom is -0.463 e. The molecule has 4 fully saturated rings. The maximum absolute atomic E-state index is 12.9. The molecule has 168 valence electrons. The molecule has 4 rings (SSSR count). The summed E-state index contributed by atoms with van der Waals surface area (Å²) in [6.45, 7) is 7.66. The number of rotatable bonds is 4. The summed E-state index contributed by atoms with van der Waals surface area (Å²) in [6.07, 6.45) is 10.1. The molecule has 0 unspecified atom stereocenters. The minimum atomic E-state index is -0.373. The Morgan fingerprint density at radius 1 is 0.833 bits per heavy atom. The summed E-state index contributed by atoms with van der Waals surface area (Å²) in [5.74, 6) is 2.29. The van der Waals surface area contributed by atoms with Gasteiger partial charge in [-0.25, -0.2) is 0 Å². The van der Waals surface area contributed by atoms with E-state index in [4.69, 9.17) is 9.47 Å². The van der Waals surface area contributed by atoms with E-state index in [1.54, 1.807) is 0 Å². The molecule has 0 aromatic heterocycles. The summed E-state index contributed by atoms with van der Waals surface area (Å²) in [5, 5.41) is 0. The SMILES string of the molecule is CC(=O)OCC(=O)[C@@H]1CC[C@@H]2[C@@H]3CC[C@@H]4C[C@H](OC(C)=O)CC[C@]4(C)[C@@H]3CC[C@@]21C. The lowest BCUT2D eigenvalue weighted by Gasteiger charge is -2.61. The highest BCUT2D eigenvalue weighted by molar-refractivity contribution is 5.85. The largest absolute Gasteiger partial charge is 0.463 e. The van der Waals surface area contributed by atoms with Gasteiger partial charge >= 0.3 is 11.9 Å². The van der Waals surface area contributed by atoms with Gasteiger partial charge in [-0.2, -0.15) is 0 Å². The van der Waals surface area contributed by atoms with Crippen LogP contribution in [0.4, 0.5) is 0 Å². The van der Waals surface area contributed by atoms with Gasteiger partial charge in [-0.3, -0.25) is 14.4 Å². The molecule has 0 heterocycles. The van der Waals surface area contributed by atoms with E-state index in [1.165, 1.54) is 33.1 Å². The minimum absolute atomic E-state index is 0.0352. The number of carbonyl (C=O) groups excluding carboxylic acids is 3. The number of esters is 2. The third-order valence-electron chi connectivity index (χ3n) is 9.76. The van der Waals surface area contributed by atoms with E-state index in [1.807, 2.05) is 0 Å². The van der Waals surface area contributed by atoms with Crippen LogP contribution in [-0.2, 0) is 23.9 Å². The number of carbonyl (C=O) groups is 3. The van der Waals surface area contributed by atoms with Crippen LogP contribution < -0.4 is 0 Å². The standard InChI is InChI=1S/C25H38O5/c1-15(26)29-14-23(28)22-8-7-20-19-6-5-17-13-18(30-16(2)27)9-11-24(17,3)21(19)10-12-25(20,22)4/h17-22H,5-14H2,1-4H3/t17-,18-,19+,20-,21-,22+,24+,25+/m1/s1. The number of hydrogen-bond donors (Lipinski definition) is 0. The van der Waals surface area contributed by atoms with Gasteiger partial charge in [0.15, 0.2) is 5.78 Å². The van der Waals surface area contributed by atoms with Crippen molar-refractivity contribution in [3.8, 4) is 0 Å². The molecule has 0 bridgehead atoms. The summed E-state index contributed by atoms with van der Waals surface area (Å²) < 4.78 is 10.6. The molecule has 0 aromatic rings. The summed E-state index contributed by atoms with van der Waals surface area (Å²) >= 11 is 0. The second-order valence-corrected chi connectivity index (χ2v) is 11.1. The Labute approximate surface area is 180 Å². The van der Waals surface area contributed by atoms with Crippen molar-refractivity contribution >= 4 is 17.7 Å². The zero-order chi connectivity index (χ0) is 21.7. The van der Waals surface area contributed by atoms with Gasteiger partial charge in [0.1, 0.15) is 12.7 Å². The fraction of sp³-hybridized carbons (Fsp3) is 0.880. The van der Waals surface area contributed by atoms with Gasteiger partial charge in [-0.1, -0.05) is 13.8 Å². The first-order chi connectivity index (χ1) is 14.1. The molecule has 4 aliphatic rings. The second kappa shape index (κ2) is 7.94. The van der Waals surface area contributed by atoms with Gasteiger partial charge in [-0.15, -0.1) is 0 Å². The molecule has 0 aromatic carbocycles. The number of fused-ring (bicyclic) bond motifs is 5. The summed E-state index contributed by atoms with van der Waals surface area (Å²) in [4.78, 5) is 35.5. The van der Waals surface area contributed by atoms with E-state index in [9.17, 15) is 14.4 Å². The van der Waals surface area contributed by atoms with Gasteiger partial charge in [-0.05, 0) is 92.3 Å².